The van der Waals surface area contributed by atoms with Gasteiger partial charge in [-0.3, -0.25) is 10.1 Å². The van der Waals surface area contributed by atoms with Crippen molar-refractivity contribution in [3.63, 3.8) is 0 Å². The van der Waals surface area contributed by atoms with Gasteiger partial charge in [0.25, 0.3) is 5.69 Å². The molecule has 0 atom stereocenters. The Morgan fingerprint density at radius 1 is 1.28 bits per heavy atom. The van der Waals surface area contributed by atoms with Gasteiger partial charge in [0.15, 0.2) is 5.70 Å². The number of esters is 1. The van der Waals surface area contributed by atoms with Crippen molar-refractivity contribution in [1.29, 1.82) is 0 Å². The Labute approximate surface area is 165 Å². The van der Waals surface area contributed by atoms with Gasteiger partial charge in [0.2, 0.25) is 5.90 Å². The molecule has 0 radical (unpaired) electrons. The lowest BCUT2D eigenvalue weighted by Crippen LogP contribution is -2.05. The number of ether oxygens (including phenoxy) is 1. The van der Waals surface area contributed by atoms with Gasteiger partial charge in [-0.2, -0.15) is 0 Å². The molecule has 1 aliphatic rings. The molecule has 0 N–H and O–H groups in total. The zero-order valence-corrected chi connectivity index (χ0v) is 16.6. The number of benzene rings is 2. The largest absolute Gasteiger partial charge is 0.402 e. The van der Waals surface area contributed by atoms with Crippen LogP contribution in [0.3, 0.4) is 0 Å². The standard InChI is InChI=1S/C17H10BrIN2O4/c1-9-6-11(3-5-13(9)19)16-20-14(17(22)25-16)7-10-2-4-12(18)15(8-10)21(23)24/h2-8H,1H3/b14-7-. The average molecular weight is 513 g/mol. The molecular formula is C17H10BrIN2O4. The highest BCUT2D eigenvalue weighted by Gasteiger charge is 2.24. The molecule has 1 heterocycles. The molecule has 0 fully saturated rings. The second-order valence-electron chi connectivity index (χ2n) is 5.27. The van der Waals surface area contributed by atoms with Crippen LogP contribution in [-0.4, -0.2) is 16.8 Å². The van der Waals surface area contributed by atoms with Gasteiger partial charge >= 0.3 is 5.97 Å². The van der Waals surface area contributed by atoms with Crippen LogP contribution in [0.15, 0.2) is 51.6 Å². The fraction of sp³-hybridized carbons (Fsp3) is 0.0588. The highest BCUT2D eigenvalue weighted by molar-refractivity contribution is 14.1. The van der Waals surface area contributed by atoms with Crippen LogP contribution < -0.4 is 0 Å². The van der Waals surface area contributed by atoms with Gasteiger partial charge in [-0.05, 0) is 86.9 Å². The number of hydrogen-bond donors (Lipinski definition) is 0. The Morgan fingerprint density at radius 2 is 2.04 bits per heavy atom. The van der Waals surface area contributed by atoms with Gasteiger partial charge in [-0.15, -0.1) is 0 Å². The van der Waals surface area contributed by atoms with Gasteiger partial charge in [0, 0.05) is 15.2 Å². The third kappa shape index (κ3) is 3.79. The molecular weight excluding hydrogens is 503 g/mol. The maximum atomic E-state index is 12.1. The number of carbonyl (C=O) groups excluding carboxylic acids is 1. The van der Waals surface area contributed by atoms with Gasteiger partial charge < -0.3 is 4.74 Å². The Bertz CT molecular complexity index is 969. The average Bonchev–Trinajstić information content (AvgIpc) is 2.92. The monoisotopic (exact) mass is 512 g/mol. The predicted octanol–water partition coefficient (Wildman–Crippen LogP) is 4.61. The van der Waals surface area contributed by atoms with Crippen LogP contribution in [0, 0.1) is 20.6 Å². The summed E-state index contributed by atoms with van der Waals surface area (Å²) in [6.45, 7) is 1.96. The van der Waals surface area contributed by atoms with Crippen LogP contribution in [-0.2, 0) is 9.53 Å². The topological polar surface area (TPSA) is 81.8 Å². The molecule has 0 aromatic heterocycles. The Kier molecular flexibility index (Phi) is 5.00. The summed E-state index contributed by atoms with van der Waals surface area (Å²) in [5.74, 6) is -0.362. The van der Waals surface area contributed by atoms with E-state index in [1.165, 1.54) is 12.1 Å². The summed E-state index contributed by atoms with van der Waals surface area (Å²) in [7, 11) is 0. The van der Waals surface area contributed by atoms with Crippen LogP contribution in [0.2, 0.25) is 0 Å². The van der Waals surface area contributed by atoms with E-state index in [0.29, 0.717) is 15.6 Å². The number of cyclic esters (lactones) is 1. The Hall–Kier alpha value is -2.07. The minimum atomic E-state index is -0.586. The van der Waals surface area contributed by atoms with E-state index in [9.17, 15) is 14.9 Å². The van der Waals surface area contributed by atoms with E-state index in [1.807, 2.05) is 25.1 Å². The Balaban J connectivity index is 1.97. The highest BCUT2D eigenvalue weighted by Crippen LogP contribution is 2.28. The smallest absolute Gasteiger partial charge is 0.363 e. The summed E-state index contributed by atoms with van der Waals surface area (Å²) in [6.07, 6.45) is 1.47. The summed E-state index contributed by atoms with van der Waals surface area (Å²) >= 11 is 5.35. The van der Waals surface area contributed by atoms with Crippen molar-refractivity contribution in [2.75, 3.05) is 0 Å². The van der Waals surface area contributed by atoms with E-state index in [1.54, 1.807) is 12.1 Å². The van der Waals surface area contributed by atoms with E-state index in [-0.39, 0.29) is 17.3 Å². The zero-order valence-electron chi connectivity index (χ0n) is 12.8. The van der Waals surface area contributed by atoms with Crippen molar-refractivity contribution in [3.05, 3.63) is 76.9 Å². The first-order chi connectivity index (χ1) is 11.8. The second kappa shape index (κ2) is 7.04. The molecule has 2 aromatic rings. The molecule has 0 unspecified atom stereocenters. The minimum Gasteiger partial charge on any atom is -0.402 e. The summed E-state index contributed by atoms with van der Waals surface area (Å²) in [5.41, 5.74) is 2.26. The number of aryl methyl sites for hydroxylation is 1. The van der Waals surface area contributed by atoms with Crippen LogP contribution in [0.1, 0.15) is 16.7 Å². The number of aliphatic imine (C=N–C) groups is 1. The van der Waals surface area contributed by atoms with Crippen molar-refractivity contribution in [1.82, 2.24) is 0 Å². The molecule has 0 aliphatic carbocycles. The number of carbonyl (C=O) groups is 1. The summed E-state index contributed by atoms with van der Waals surface area (Å²) in [4.78, 5) is 26.8. The van der Waals surface area contributed by atoms with E-state index >= 15 is 0 Å². The van der Waals surface area contributed by atoms with Gasteiger partial charge in [0.1, 0.15) is 0 Å². The quantitative estimate of drug-likeness (QED) is 0.198. The summed E-state index contributed by atoms with van der Waals surface area (Å²) in [6, 6.07) is 10.2. The summed E-state index contributed by atoms with van der Waals surface area (Å²) < 4.78 is 6.69. The molecule has 0 saturated carbocycles. The lowest BCUT2D eigenvalue weighted by Gasteiger charge is -2.02. The van der Waals surface area contributed by atoms with Crippen molar-refractivity contribution < 1.29 is 14.5 Å². The predicted molar refractivity (Wildman–Crippen MR) is 105 cm³/mol. The van der Waals surface area contributed by atoms with Crippen LogP contribution in [0.4, 0.5) is 5.69 Å². The van der Waals surface area contributed by atoms with E-state index < -0.39 is 10.9 Å². The maximum Gasteiger partial charge on any atom is 0.363 e. The van der Waals surface area contributed by atoms with E-state index in [0.717, 1.165) is 9.13 Å². The normalized spacial score (nSPS) is 15.2. The summed E-state index contributed by atoms with van der Waals surface area (Å²) in [5, 5.41) is 11.0. The SMILES string of the molecule is Cc1cc(C2=N/C(=C\c3ccc(Br)c([N+](=O)[O-])c3)C(=O)O2)ccc1I. The molecule has 8 heteroatoms. The van der Waals surface area contributed by atoms with Crippen molar-refractivity contribution >= 4 is 62.2 Å². The molecule has 1 aliphatic heterocycles. The fourth-order valence-electron chi connectivity index (χ4n) is 2.23. The van der Waals surface area contributed by atoms with Crippen molar-refractivity contribution in [2.24, 2.45) is 4.99 Å². The molecule has 0 saturated heterocycles. The van der Waals surface area contributed by atoms with E-state index in [2.05, 4.69) is 43.5 Å². The first-order valence-electron chi connectivity index (χ1n) is 7.08. The Morgan fingerprint density at radius 3 is 2.72 bits per heavy atom. The third-order valence-corrected chi connectivity index (χ3v) is 5.38. The first-order valence-corrected chi connectivity index (χ1v) is 8.95. The molecule has 25 heavy (non-hydrogen) atoms. The van der Waals surface area contributed by atoms with Crippen molar-refractivity contribution in [2.45, 2.75) is 6.92 Å². The minimum absolute atomic E-state index is 0.0850. The van der Waals surface area contributed by atoms with Crippen LogP contribution >= 0.6 is 38.5 Å². The molecule has 3 rings (SSSR count). The van der Waals surface area contributed by atoms with Gasteiger partial charge in [-0.1, -0.05) is 6.07 Å². The number of nitro groups is 1. The van der Waals surface area contributed by atoms with Gasteiger partial charge in [-0.25, -0.2) is 9.79 Å². The number of nitro benzene ring substituents is 1. The molecule has 0 amide bonds. The maximum absolute atomic E-state index is 12.1. The highest BCUT2D eigenvalue weighted by atomic mass is 127. The van der Waals surface area contributed by atoms with E-state index in [4.69, 9.17) is 4.74 Å². The van der Waals surface area contributed by atoms with Crippen LogP contribution in [0.5, 0.6) is 0 Å². The lowest BCUT2D eigenvalue weighted by atomic mass is 10.1. The number of hydrogen-bond acceptors (Lipinski definition) is 5. The zero-order chi connectivity index (χ0) is 18.1. The molecule has 6 nitrogen and oxygen atoms in total. The second-order valence-corrected chi connectivity index (χ2v) is 7.28. The lowest BCUT2D eigenvalue weighted by molar-refractivity contribution is -0.385. The van der Waals surface area contributed by atoms with Gasteiger partial charge in [0.05, 0.1) is 9.40 Å². The first kappa shape index (κ1) is 17.7. The number of nitrogens with zero attached hydrogens (tertiary/aromatic N) is 2. The molecule has 2 aromatic carbocycles. The van der Waals surface area contributed by atoms with Crippen molar-refractivity contribution in [3.8, 4) is 0 Å². The third-order valence-electron chi connectivity index (χ3n) is 3.50. The van der Waals surface area contributed by atoms with Crippen LogP contribution in [0.25, 0.3) is 6.08 Å². The molecule has 0 spiro atoms. The molecule has 126 valence electrons. The molecule has 0 bridgehead atoms. The number of halogens is 2. The number of rotatable bonds is 3. The fourth-order valence-corrected chi connectivity index (χ4v) is 2.95.